The third-order valence-corrected chi connectivity index (χ3v) is 4.33. The van der Waals surface area contributed by atoms with Gasteiger partial charge in [-0.25, -0.2) is 4.79 Å². The molecule has 0 aliphatic carbocycles. The lowest BCUT2D eigenvalue weighted by Crippen LogP contribution is -2.47. The minimum atomic E-state index is -1.51. The van der Waals surface area contributed by atoms with Crippen molar-refractivity contribution < 1.29 is 24.2 Å². The van der Waals surface area contributed by atoms with Crippen LogP contribution in [0.5, 0.6) is 0 Å². The summed E-state index contributed by atoms with van der Waals surface area (Å²) in [5.74, 6) is -2.39. The van der Waals surface area contributed by atoms with Crippen LogP contribution in [0.2, 0.25) is 5.02 Å². The summed E-state index contributed by atoms with van der Waals surface area (Å²) in [5, 5.41) is 9.69. The molecule has 0 saturated carbocycles. The van der Waals surface area contributed by atoms with Gasteiger partial charge >= 0.3 is 5.97 Å². The summed E-state index contributed by atoms with van der Waals surface area (Å²) in [4.78, 5) is 16.4. The van der Waals surface area contributed by atoms with Crippen molar-refractivity contribution in [3.8, 4) is 0 Å². The standard InChI is InChI=1S/C18H24ClNO5/c1-13(15-6-8-16(19)9-7-15)20-25-10-4-3-5-14-11-23-18(2,17(21)22)24-12-14/h6-9,14,20H,1,3-5,10-12H2,2H3,(H,21,22). The van der Waals surface area contributed by atoms with Gasteiger partial charge in [-0.3, -0.25) is 10.3 Å². The Morgan fingerprint density at radius 3 is 2.60 bits per heavy atom. The van der Waals surface area contributed by atoms with Crippen LogP contribution in [-0.4, -0.2) is 36.7 Å². The van der Waals surface area contributed by atoms with Gasteiger partial charge in [0.25, 0.3) is 5.79 Å². The fraction of sp³-hybridized carbons (Fsp3) is 0.500. The molecule has 6 nitrogen and oxygen atoms in total. The van der Waals surface area contributed by atoms with E-state index in [-0.39, 0.29) is 5.92 Å². The topological polar surface area (TPSA) is 77.0 Å². The van der Waals surface area contributed by atoms with Crippen LogP contribution in [0.1, 0.15) is 31.7 Å². The highest BCUT2D eigenvalue weighted by Gasteiger charge is 2.40. The molecule has 0 aromatic heterocycles. The number of rotatable bonds is 9. The monoisotopic (exact) mass is 369 g/mol. The van der Waals surface area contributed by atoms with Crippen molar-refractivity contribution in [3.05, 3.63) is 41.4 Å². The highest BCUT2D eigenvalue weighted by atomic mass is 35.5. The predicted octanol–water partition coefficient (Wildman–Crippen LogP) is 3.47. The molecule has 0 amide bonds. The molecule has 1 saturated heterocycles. The Bertz CT molecular complexity index is 582. The first-order valence-corrected chi connectivity index (χ1v) is 8.62. The predicted molar refractivity (Wildman–Crippen MR) is 94.9 cm³/mol. The lowest BCUT2D eigenvalue weighted by atomic mass is 10.0. The summed E-state index contributed by atoms with van der Waals surface area (Å²) < 4.78 is 10.6. The number of nitrogens with one attached hydrogen (secondary N) is 1. The normalized spacial score (nSPS) is 23.2. The van der Waals surface area contributed by atoms with Crippen LogP contribution < -0.4 is 5.48 Å². The van der Waals surface area contributed by atoms with E-state index in [2.05, 4.69) is 12.1 Å². The molecule has 1 aliphatic rings. The van der Waals surface area contributed by atoms with Crippen LogP contribution in [0.25, 0.3) is 5.70 Å². The molecular weight excluding hydrogens is 346 g/mol. The van der Waals surface area contributed by atoms with Gasteiger partial charge in [-0.2, -0.15) is 0 Å². The van der Waals surface area contributed by atoms with Gasteiger partial charge in [0.1, 0.15) is 0 Å². The van der Waals surface area contributed by atoms with Gasteiger partial charge < -0.3 is 14.6 Å². The fourth-order valence-corrected chi connectivity index (χ4v) is 2.52. The van der Waals surface area contributed by atoms with Crippen molar-refractivity contribution in [2.75, 3.05) is 19.8 Å². The summed E-state index contributed by atoms with van der Waals surface area (Å²) in [6.45, 7) is 6.69. The van der Waals surface area contributed by atoms with Gasteiger partial charge in [-0.1, -0.05) is 36.7 Å². The van der Waals surface area contributed by atoms with E-state index in [1.54, 1.807) is 12.1 Å². The molecule has 2 N–H and O–H groups in total. The van der Waals surface area contributed by atoms with Crippen molar-refractivity contribution in [1.29, 1.82) is 0 Å². The van der Waals surface area contributed by atoms with E-state index in [0.717, 1.165) is 24.8 Å². The number of hydrogen-bond acceptors (Lipinski definition) is 5. The zero-order chi connectivity index (χ0) is 18.3. The van der Waals surface area contributed by atoms with Crippen LogP contribution in [0.3, 0.4) is 0 Å². The molecule has 1 fully saturated rings. The Morgan fingerprint density at radius 1 is 1.36 bits per heavy atom. The second-order valence-corrected chi connectivity index (χ2v) is 6.61. The molecule has 0 radical (unpaired) electrons. The minimum Gasteiger partial charge on any atom is -0.477 e. The van der Waals surface area contributed by atoms with Crippen LogP contribution in [0.4, 0.5) is 0 Å². The largest absolute Gasteiger partial charge is 0.477 e. The Labute approximate surface area is 152 Å². The first-order chi connectivity index (χ1) is 11.9. The van der Waals surface area contributed by atoms with Crippen LogP contribution in [0.15, 0.2) is 30.8 Å². The number of carboxylic acids is 1. The first-order valence-electron chi connectivity index (χ1n) is 8.24. The molecule has 7 heteroatoms. The zero-order valence-corrected chi connectivity index (χ0v) is 15.1. The van der Waals surface area contributed by atoms with Crippen molar-refractivity contribution >= 4 is 23.3 Å². The number of benzene rings is 1. The Morgan fingerprint density at radius 2 is 2.00 bits per heavy atom. The van der Waals surface area contributed by atoms with Crippen molar-refractivity contribution in [2.24, 2.45) is 5.92 Å². The summed E-state index contributed by atoms with van der Waals surface area (Å²) in [6.07, 6.45) is 2.71. The molecule has 0 unspecified atom stereocenters. The van der Waals surface area contributed by atoms with Crippen LogP contribution in [0, 0.1) is 5.92 Å². The average molecular weight is 370 g/mol. The molecule has 25 heavy (non-hydrogen) atoms. The maximum absolute atomic E-state index is 11.0. The quantitative estimate of drug-likeness (QED) is 0.512. The van der Waals surface area contributed by atoms with E-state index in [4.69, 9.17) is 31.0 Å². The first kappa shape index (κ1) is 19.7. The van der Waals surface area contributed by atoms with Gasteiger partial charge in [0.15, 0.2) is 0 Å². The van der Waals surface area contributed by atoms with E-state index < -0.39 is 11.8 Å². The average Bonchev–Trinajstić information content (AvgIpc) is 2.60. The van der Waals surface area contributed by atoms with Crippen molar-refractivity contribution in [1.82, 2.24) is 5.48 Å². The molecular formula is C18H24ClNO5. The number of aliphatic carboxylic acids is 1. The maximum Gasteiger partial charge on any atom is 0.364 e. The van der Waals surface area contributed by atoms with Crippen molar-refractivity contribution in [2.45, 2.75) is 32.0 Å². The van der Waals surface area contributed by atoms with Gasteiger partial charge in [-0.15, -0.1) is 0 Å². The molecule has 1 aromatic rings. The lowest BCUT2D eigenvalue weighted by molar-refractivity contribution is -0.271. The van der Waals surface area contributed by atoms with Crippen molar-refractivity contribution in [3.63, 3.8) is 0 Å². The fourth-order valence-electron chi connectivity index (χ4n) is 2.39. The van der Waals surface area contributed by atoms with Gasteiger partial charge in [-0.05, 0) is 30.5 Å². The third kappa shape index (κ3) is 6.01. The SMILES string of the molecule is C=C(NOCCCCC1COC(C)(C(=O)O)OC1)c1ccc(Cl)cc1. The van der Waals surface area contributed by atoms with Gasteiger partial charge in [0.05, 0.1) is 25.5 Å². The van der Waals surface area contributed by atoms with E-state index in [1.165, 1.54) is 6.92 Å². The Hall–Kier alpha value is -1.60. The van der Waals surface area contributed by atoms with Crippen LogP contribution >= 0.6 is 11.6 Å². The summed E-state index contributed by atoms with van der Waals surface area (Å²) in [6, 6.07) is 7.34. The van der Waals surface area contributed by atoms with E-state index in [1.807, 2.05) is 12.1 Å². The lowest BCUT2D eigenvalue weighted by Gasteiger charge is -2.34. The molecule has 0 spiro atoms. The van der Waals surface area contributed by atoms with E-state index in [9.17, 15) is 4.79 Å². The molecule has 2 rings (SSSR count). The molecule has 1 aliphatic heterocycles. The number of carbonyl (C=O) groups is 1. The summed E-state index contributed by atoms with van der Waals surface area (Å²) >= 11 is 5.84. The molecule has 0 atom stereocenters. The highest BCUT2D eigenvalue weighted by molar-refractivity contribution is 6.30. The second-order valence-electron chi connectivity index (χ2n) is 6.17. The molecule has 1 aromatic carbocycles. The third-order valence-electron chi connectivity index (χ3n) is 4.07. The minimum absolute atomic E-state index is 0.212. The Balaban J connectivity index is 1.55. The number of carboxylic acid groups (broad SMARTS) is 1. The molecule has 1 heterocycles. The number of hydrogen-bond donors (Lipinski definition) is 2. The van der Waals surface area contributed by atoms with Gasteiger partial charge in [0, 0.05) is 17.9 Å². The number of unbranched alkanes of at least 4 members (excludes halogenated alkanes) is 1. The highest BCUT2D eigenvalue weighted by Crippen LogP contribution is 2.24. The van der Waals surface area contributed by atoms with Gasteiger partial charge in [0.2, 0.25) is 0 Å². The zero-order valence-electron chi connectivity index (χ0n) is 14.3. The van der Waals surface area contributed by atoms with E-state index in [0.29, 0.717) is 30.5 Å². The number of halogens is 1. The van der Waals surface area contributed by atoms with Crippen LogP contribution in [-0.2, 0) is 19.1 Å². The maximum atomic E-state index is 11.0. The summed E-state index contributed by atoms with van der Waals surface area (Å²) in [5.41, 5.74) is 4.43. The van der Waals surface area contributed by atoms with E-state index >= 15 is 0 Å². The summed E-state index contributed by atoms with van der Waals surface area (Å²) in [7, 11) is 0. The molecule has 138 valence electrons. The number of ether oxygens (including phenoxy) is 2. The molecule has 0 bridgehead atoms. The number of hydroxylamine groups is 1. The second kappa shape index (κ2) is 9.20. The smallest absolute Gasteiger partial charge is 0.364 e. The Kier molecular flexibility index (Phi) is 7.25.